The SMILES string of the molecule is CCOCCNC(=NC)NCc1ccc(Oc2ccc(F)cc2)cc1.I. The van der Waals surface area contributed by atoms with Crippen molar-refractivity contribution < 1.29 is 13.9 Å². The maximum Gasteiger partial charge on any atom is 0.191 e. The zero-order chi connectivity index (χ0) is 17.9. The van der Waals surface area contributed by atoms with Gasteiger partial charge < -0.3 is 20.1 Å². The molecule has 2 aromatic rings. The number of ether oxygens (including phenoxy) is 2. The Morgan fingerprint density at radius 2 is 1.62 bits per heavy atom. The van der Waals surface area contributed by atoms with Crippen LogP contribution in [-0.4, -0.2) is 32.8 Å². The largest absolute Gasteiger partial charge is 0.457 e. The van der Waals surface area contributed by atoms with E-state index >= 15 is 0 Å². The molecule has 0 aliphatic rings. The molecule has 0 amide bonds. The highest BCUT2D eigenvalue weighted by Crippen LogP contribution is 2.21. The van der Waals surface area contributed by atoms with Crippen molar-refractivity contribution in [1.29, 1.82) is 0 Å². The third-order valence-corrected chi connectivity index (χ3v) is 3.40. The number of hydrogen-bond donors (Lipinski definition) is 2. The number of nitrogens with one attached hydrogen (secondary N) is 2. The number of hydrogen-bond acceptors (Lipinski definition) is 3. The van der Waals surface area contributed by atoms with E-state index in [2.05, 4.69) is 15.6 Å². The highest BCUT2D eigenvalue weighted by atomic mass is 127. The Hall–Kier alpha value is -1.87. The van der Waals surface area contributed by atoms with Gasteiger partial charge in [-0.2, -0.15) is 0 Å². The standard InChI is InChI=1S/C19H24FN3O2.HI/c1-3-24-13-12-22-19(21-2)23-14-15-4-8-17(9-5-15)25-18-10-6-16(20)7-11-18;/h4-11H,3,12-14H2,1-2H3,(H2,21,22,23);1H. The Bertz CT molecular complexity index is 663. The summed E-state index contributed by atoms with van der Waals surface area (Å²) in [6.45, 7) is 4.67. The molecular weight excluding hydrogens is 448 g/mol. The molecule has 0 fully saturated rings. The molecule has 0 unspecified atom stereocenters. The fourth-order valence-electron chi connectivity index (χ4n) is 2.11. The molecule has 142 valence electrons. The maximum atomic E-state index is 12.9. The van der Waals surface area contributed by atoms with Crippen LogP contribution >= 0.6 is 24.0 Å². The normalized spacial score (nSPS) is 10.8. The van der Waals surface area contributed by atoms with Gasteiger partial charge in [0.05, 0.1) is 6.61 Å². The minimum atomic E-state index is -0.281. The maximum absolute atomic E-state index is 12.9. The molecule has 5 nitrogen and oxygen atoms in total. The number of rotatable bonds is 8. The minimum absolute atomic E-state index is 0. The quantitative estimate of drug-likeness (QED) is 0.264. The molecule has 0 heterocycles. The van der Waals surface area contributed by atoms with Crippen molar-refractivity contribution in [3.63, 3.8) is 0 Å². The van der Waals surface area contributed by atoms with Crippen LogP contribution in [0.15, 0.2) is 53.5 Å². The zero-order valence-corrected chi connectivity index (χ0v) is 17.3. The van der Waals surface area contributed by atoms with Crippen LogP contribution in [0.2, 0.25) is 0 Å². The van der Waals surface area contributed by atoms with Gasteiger partial charge in [-0.3, -0.25) is 4.99 Å². The smallest absolute Gasteiger partial charge is 0.191 e. The van der Waals surface area contributed by atoms with Gasteiger partial charge in [0, 0.05) is 26.7 Å². The Kier molecular flexibility index (Phi) is 10.6. The van der Waals surface area contributed by atoms with Crippen LogP contribution in [0.1, 0.15) is 12.5 Å². The van der Waals surface area contributed by atoms with Crippen LogP contribution in [0.5, 0.6) is 11.5 Å². The number of benzene rings is 2. The van der Waals surface area contributed by atoms with Gasteiger partial charge in [0.2, 0.25) is 0 Å². The lowest BCUT2D eigenvalue weighted by molar-refractivity contribution is 0.152. The van der Waals surface area contributed by atoms with Gasteiger partial charge in [0.1, 0.15) is 17.3 Å². The minimum Gasteiger partial charge on any atom is -0.457 e. The van der Waals surface area contributed by atoms with E-state index in [1.54, 1.807) is 19.2 Å². The molecule has 0 aliphatic carbocycles. The van der Waals surface area contributed by atoms with E-state index in [0.717, 1.165) is 11.5 Å². The monoisotopic (exact) mass is 473 g/mol. The Labute approximate surface area is 171 Å². The van der Waals surface area contributed by atoms with Gasteiger partial charge >= 0.3 is 0 Å². The van der Waals surface area contributed by atoms with Gasteiger partial charge in [-0.05, 0) is 48.9 Å². The second kappa shape index (κ2) is 12.5. The lowest BCUT2D eigenvalue weighted by atomic mass is 10.2. The highest BCUT2D eigenvalue weighted by Gasteiger charge is 2.01. The summed E-state index contributed by atoms with van der Waals surface area (Å²) in [4.78, 5) is 4.16. The van der Waals surface area contributed by atoms with Gasteiger partial charge in [-0.1, -0.05) is 12.1 Å². The number of guanidine groups is 1. The second-order valence-corrected chi connectivity index (χ2v) is 5.25. The fraction of sp³-hybridized carbons (Fsp3) is 0.316. The van der Waals surface area contributed by atoms with Crippen molar-refractivity contribution in [2.45, 2.75) is 13.5 Å². The van der Waals surface area contributed by atoms with Gasteiger partial charge in [0.15, 0.2) is 5.96 Å². The van der Waals surface area contributed by atoms with E-state index in [1.165, 1.54) is 12.1 Å². The molecule has 0 atom stereocenters. The van der Waals surface area contributed by atoms with E-state index in [4.69, 9.17) is 9.47 Å². The summed E-state index contributed by atoms with van der Waals surface area (Å²) in [5, 5.41) is 6.42. The molecule has 2 N–H and O–H groups in total. The first kappa shape index (κ1) is 22.2. The predicted octanol–water partition coefficient (Wildman–Crippen LogP) is 3.94. The first-order chi connectivity index (χ1) is 12.2. The molecule has 0 spiro atoms. The van der Waals surface area contributed by atoms with Crippen molar-refractivity contribution >= 4 is 29.9 Å². The molecular formula is C19H25FIN3O2. The molecule has 0 saturated heterocycles. The summed E-state index contributed by atoms with van der Waals surface area (Å²) in [6.07, 6.45) is 0. The Morgan fingerprint density at radius 3 is 2.19 bits per heavy atom. The number of aliphatic imine (C=N–C) groups is 1. The first-order valence-electron chi connectivity index (χ1n) is 8.26. The lowest BCUT2D eigenvalue weighted by Crippen LogP contribution is -2.38. The van der Waals surface area contributed by atoms with Gasteiger partial charge in [-0.15, -0.1) is 24.0 Å². The highest BCUT2D eigenvalue weighted by molar-refractivity contribution is 14.0. The topological polar surface area (TPSA) is 54.9 Å². The van der Waals surface area contributed by atoms with Crippen LogP contribution < -0.4 is 15.4 Å². The Morgan fingerprint density at radius 1 is 1.00 bits per heavy atom. The predicted molar refractivity (Wildman–Crippen MR) is 113 cm³/mol. The third kappa shape index (κ3) is 8.01. The molecule has 0 saturated carbocycles. The summed E-state index contributed by atoms with van der Waals surface area (Å²) in [5.41, 5.74) is 1.10. The summed E-state index contributed by atoms with van der Waals surface area (Å²) in [6, 6.07) is 13.6. The van der Waals surface area contributed by atoms with Crippen molar-refractivity contribution in [2.24, 2.45) is 4.99 Å². The number of halogens is 2. The fourth-order valence-corrected chi connectivity index (χ4v) is 2.11. The van der Waals surface area contributed by atoms with Gasteiger partial charge in [-0.25, -0.2) is 4.39 Å². The van der Waals surface area contributed by atoms with E-state index in [0.29, 0.717) is 37.8 Å². The van der Waals surface area contributed by atoms with Crippen molar-refractivity contribution in [3.05, 3.63) is 59.9 Å². The van der Waals surface area contributed by atoms with Gasteiger partial charge in [0.25, 0.3) is 0 Å². The second-order valence-electron chi connectivity index (χ2n) is 5.25. The van der Waals surface area contributed by atoms with E-state index in [1.807, 2.05) is 31.2 Å². The summed E-state index contributed by atoms with van der Waals surface area (Å²) in [5.74, 6) is 1.75. The molecule has 2 aromatic carbocycles. The average Bonchev–Trinajstić information content (AvgIpc) is 2.64. The third-order valence-electron chi connectivity index (χ3n) is 3.40. The van der Waals surface area contributed by atoms with Crippen molar-refractivity contribution in [3.8, 4) is 11.5 Å². The van der Waals surface area contributed by atoms with Crippen LogP contribution in [0.25, 0.3) is 0 Å². The van der Waals surface area contributed by atoms with Crippen molar-refractivity contribution in [1.82, 2.24) is 10.6 Å². The van der Waals surface area contributed by atoms with Crippen molar-refractivity contribution in [2.75, 3.05) is 26.8 Å². The van der Waals surface area contributed by atoms with E-state index < -0.39 is 0 Å². The average molecular weight is 473 g/mol. The molecule has 0 aromatic heterocycles. The van der Waals surface area contributed by atoms with Crippen LogP contribution in [-0.2, 0) is 11.3 Å². The molecule has 0 aliphatic heterocycles. The summed E-state index contributed by atoms with van der Waals surface area (Å²) in [7, 11) is 1.73. The van der Waals surface area contributed by atoms with E-state index in [-0.39, 0.29) is 29.8 Å². The van der Waals surface area contributed by atoms with Crippen LogP contribution in [0.4, 0.5) is 4.39 Å². The lowest BCUT2D eigenvalue weighted by Gasteiger charge is -2.12. The summed E-state index contributed by atoms with van der Waals surface area (Å²) >= 11 is 0. The zero-order valence-electron chi connectivity index (χ0n) is 15.0. The molecule has 2 rings (SSSR count). The summed E-state index contributed by atoms with van der Waals surface area (Å²) < 4.78 is 23.8. The molecule has 26 heavy (non-hydrogen) atoms. The van der Waals surface area contributed by atoms with Crippen LogP contribution in [0.3, 0.4) is 0 Å². The Balaban J connectivity index is 0.00000338. The van der Waals surface area contributed by atoms with Crippen LogP contribution in [0, 0.1) is 5.82 Å². The first-order valence-corrected chi connectivity index (χ1v) is 8.26. The molecule has 7 heteroatoms. The molecule has 0 radical (unpaired) electrons. The number of nitrogens with zero attached hydrogens (tertiary/aromatic N) is 1. The molecule has 0 bridgehead atoms. The van der Waals surface area contributed by atoms with E-state index in [9.17, 15) is 4.39 Å².